The van der Waals surface area contributed by atoms with E-state index in [0.29, 0.717) is 0 Å². The molecule has 3 aromatic heterocycles. The molecule has 0 unspecified atom stereocenters. The first-order chi connectivity index (χ1) is 12.3. The van der Waals surface area contributed by atoms with Crippen molar-refractivity contribution in [3.8, 4) is 11.5 Å². The number of hydrogen-bond donors (Lipinski definition) is 2. The van der Waals surface area contributed by atoms with Gasteiger partial charge in [0, 0.05) is 37.9 Å². The highest BCUT2D eigenvalue weighted by atomic mass is 16.3. The summed E-state index contributed by atoms with van der Waals surface area (Å²) >= 11 is 0. The lowest BCUT2D eigenvalue weighted by Crippen LogP contribution is -2.19. The molecule has 3 aromatic rings. The van der Waals surface area contributed by atoms with Crippen molar-refractivity contribution < 1.29 is 4.42 Å². The van der Waals surface area contributed by atoms with Gasteiger partial charge in [0.1, 0.15) is 17.3 Å². The molecular weight excluding hydrogens is 314 g/mol. The fourth-order valence-electron chi connectivity index (χ4n) is 3.22. The zero-order valence-electron chi connectivity index (χ0n) is 14.5. The average Bonchev–Trinajstić information content (AvgIpc) is 3.37. The Balaban J connectivity index is 1.34. The van der Waals surface area contributed by atoms with Gasteiger partial charge in [-0.25, -0.2) is 4.98 Å². The summed E-state index contributed by atoms with van der Waals surface area (Å²) in [6.07, 6.45) is 6.35. The van der Waals surface area contributed by atoms with E-state index in [1.54, 1.807) is 0 Å². The first kappa shape index (κ1) is 15.9. The smallest absolute Gasteiger partial charge is 0.152 e. The van der Waals surface area contributed by atoms with Crippen LogP contribution in [-0.4, -0.2) is 28.3 Å². The second-order valence-corrected chi connectivity index (χ2v) is 6.50. The number of aromatic nitrogens is 3. The molecule has 6 heteroatoms. The van der Waals surface area contributed by atoms with Crippen LogP contribution in [0.5, 0.6) is 0 Å². The van der Waals surface area contributed by atoms with Crippen molar-refractivity contribution in [2.45, 2.75) is 32.9 Å². The van der Waals surface area contributed by atoms with Gasteiger partial charge < -0.3 is 14.6 Å². The fraction of sp³-hybridized carbons (Fsp3) is 0.368. The molecule has 0 saturated carbocycles. The number of furan rings is 1. The van der Waals surface area contributed by atoms with E-state index in [2.05, 4.69) is 37.5 Å². The Morgan fingerprint density at radius 1 is 1.12 bits per heavy atom. The van der Waals surface area contributed by atoms with Crippen LogP contribution in [0.1, 0.15) is 29.7 Å². The summed E-state index contributed by atoms with van der Waals surface area (Å²) in [5.41, 5.74) is 3.21. The molecule has 4 rings (SSSR count). The number of anilines is 1. The van der Waals surface area contributed by atoms with Crippen LogP contribution < -0.4 is 10.2 Å². The summed E-state index contributed by atoms with van der Waals surface area (Å²) in [7, 11) is 0. The third kappa shape index (κ3) is 3.58. The lowest BCUT2D eigenvalue weighted by molar-refractivity contribution is 0.545. The quantitative estimate of drug-likeness (QED) is 0.722. The first-order valence-corrected chi connectivity index (χ1v) is 8.79. The topological polar surface area (TPSA) is 70.0 Å². The molecule has 4 heterocycles. The highest BCUT2D eigenvalue weighted by molar-refractivity contribution is 5.56. The number of rotatable bonds is 6. The van der Waals surface area contributed by atoms with E-state index >= 15 is 0 Å². The minimum Gasteiger partial charge on any atom is -0.460 e. The van der Waals surface area contributed by atoms with Crippen molar-refractivity contribution in [3.05, 3.63) is 53.5 Å². The van der Waals surface area contributed by atoms with Crippen molar-refractivity contribution in [2.24, 2.45) is 0 Å². The molecule has 0 spiro atoms. The number of hydrogen-bond acceptors (Lipinski definition) is 5. The van der Waals surface area contributed by atoms with Crippen LogP contribution in [0.25, 0.3) is 11.5 Å². The summed E-state index contributed by atoms with van der Waals surface area (Å²) in [6, 6.07) is 8.20. The fourth-order valence-corrected chi connectivity index (χ4v) is 3.22. The summed E-state index contributed by atoms with van der Waals surface area (Å²) in [4.78, 5) is 6.94. The predicted molar refractivity (Wildman–Crippen MR) is 97.3 cm³/mol. The lowest BCUT2D eigenvalue weighted by Gasteiger charge is -2.16. The normalized spacial score (nSPS) is 14.4. The highest BCUT2D eigenvalue weighted by Crippen LogP contribution is 2.23. The number of aryl methyl sites for hydroxylation is 1. The molecule has 1 aliphatic heterocycles. The van der Waals surface area contributed by atoms with Gasteiger partial charge in [0.05, 0.1) is 6.20 Å². The van der Waals surface area contributed by atoms with Gasteiger partial charge in [0.15, 0.2) is 5.76 Å². The summed E-state index contributed by atoms with van der Waals surface area (Å²) in [5, 5.41) is 10.6. The van der Waals surface area contributed by atoms with Crippen molar-refractivity contribution in [1.29, 1.82) is 0 Å². The maximum Gasteiger partial charge on any atom is 0.152 e. The van der Waals surface area contributed by atoms with Crippen molar-refractivity contribution in [2.75, 3.05) is 18.0 Å². The SMILES string of the molecule is Cc1ccc(-c2[nH]ncc2CNCc2ccc(N3CCCC3)nc2)o1. The number of nitrogens with one attached hydrogen (secondary N) is 2. The molecule has 0 aromatic carbocycles. The number of aromatic amines is 1. The number of pyridine rings is 1. The van der Waals surface area contributed by atoms with Crippen LogP contribution in [-0.2, 0) is 13.1 Å². The van der Waals surface area contributed by atoms with E-state index in [9.17, 15) is 0 Å². The molecule has 2 N–H and O–H groups in total. The Kier molecular flexibility index (Phi) is 4.52. The molecular formula is C19H23N5O. The van der Waals surface area contributed by atoms with Crippen molar-refractivity contribution in [1.82, 2.24) is 20.5 Å². The van der Waals surface area contributed by atoms with Gasteiger partial charge >= 0.3 is 0 Å². The Morgan fingerprint density at radius 2 is 2.00 bits per heavy atom. The van der Waals surface area contributed by atoms with Crippen LogP contribution >= 0.6 is 0 Å². The molecule has 1 aliphatic rings. The van der Waals surface area contributed by atoms with Gasteiger partial charge in [0.2, 0.25) is 0 Å². The summed E-state index contributed by atoms with van der Waals surface area (Å²) < 4.78 is 5.68. The maximum absolute atomic E-state index is 5.68. The molecule has 0 aliphatic carbocycles. The van der Waals surface area contributed by atoms with E-state index in [0.717, 1.165) is 54.8 Å². The Bertz CT molecular complexity index is 814. The molecule has 1 fully saturated rings. The van der Waals surface area contributed by atoms with Crippen molar-refractivity contribution >= 4 is 5.82 Å². The van der Waals surface area contributed by atoms with E-state index < -0.39 is 0 Å². The van der Waals surface area contributed by atoms with Gasteiger partial charge in [-0.2, -0.15) is 5.10 Å². The van der Waals surface area contributed by atoms with E-state index in [4.69, 9.17) is 4.42 Å². The van der Waals surface area contributed by atoms with Crippen LogP contribution in [0.4, 0.5) is 5.82 Å². The van der Waals surface area contributed by atoms with Crippen LogP contribution in [0.3, 0.4) is 0 Å². The first-order valence-electron chi connectivity index (χ1n) is 8.79. The second kappa shape index (κ2) is 7.11. The molecule has 0 bridgehead atoms. The Morgan fingerprint density at radius 3 is 2.72 bits per heavy atom. The van der Waals surface area contributed by atoms with E-state index in [1.165, 1.54) is 18.4 Å². The minimum absolute atomic E-state index is 0.722. The molecule has 130 valence electrons. The van der Waals surface area contributed by atoms with Crippen molar-refractivity contribution in [3.63, 3.8) is 0 Å². The largest absolute Gasteiger partial charge is 0.460 e. The lowest BCUT2D eigenvalue weighted by atomic mass is 10.2. The average molecular weight is 337 g/mol. The van der Waals surface area contributed by atoms with Gasteiger partial charge in [0.25, 0.3) is 0 Å². The van der Waals surface area contributed by atoms with Crippen LogP contribution in [0.2, 0.25) is 0 Å². The van der Waals surface area contributed by atoms with Crippen LogP contribution in [0.15, 0.2) is 41.1 Å². The molecule has 0 amide bonds. The minimum atomic E-state index is 0.722. The third-order valence-corrected chi connectivity index (χ3v) is 4.59. The molecule has 1 saturated heterocycles. The standard InChI is InChI=1S/C19H23N5O/c1-14-4-6-17(25-14)19-16(13-22-23-19)12-20-10-15-5-7-18(21-11-15)24-8-2-3-9-24/h4-7,11,13,20H,2-3,8-10,12H2,1H3,(H,22,23). The van der Waals surface area contributed by atoms with E-state index in [1.807, 2.05) is 31.5 Å². The zero-order chi connectivity index (χ0) is 17.1. The predicted octanol–water partition coefficient (Wildman–Crippen LogP) is 3.26. The Labute approximate surface area is 147 Å². The zero-order valence-corrected chi connectivity index (χ0v) is 14.5. The monoisotopic (exact) mass is 337 g/mol. The molecule has 0 atom stereocenters. The summed E-state index contributed by atoms with van der Waals surface area (Å²) in [5.74, 6) is 2.81. The number of nitrogens with zero attached hydrogens (tertiary/aromatic N) is 3. The van der Waals surface area contributed by atoms with Gasteiger partial charge in [-0.15, -0.1) is 0 Å². The molecule has 0 radical (unpaired) electrons. The number of H-pyrrole nitrogens is 1. The van der Waals surface area contributed by atoms with Gasteiger partial charge in [-0.1, -0.05) is 6.07 Å². The molecule has 6 nitrogen and oxygen atoms in total. The van der Waals surface area contributed by atoms with Crippen LogP contribution in [0, 0.1) is 6.92 Å². The second-order valence-electron chi connectivity index (χ2n) is 6.50. The maximum atomic E-state index is 5.68. The van der Waals surface area contributed by atoms with Gasteiger partial charge in [-0.05, 0) is 43.5 Å². The highest BCUT2D eigenvalue weighted by Gasteiger charge is 2.13. The summed E-state index contributed by atoms with van der Waals surface area (Å²) in [6.45, 7) is 5.69. The Hall–Kier alpha value is -2.60. The third-order valence-electron chi connectivity index (χ3n) is 4.59. The van der Waals surface area contributed by atoms with Gasteiger partial charge in [-0.3, -0.25) is 5.10 Å². The molecule has 25 heavy (non-hydrogen) atoms. The van der Waals surface area contributed by atoms with E-state index in [-0.39, 0.29) is 0 Å².